The first-order chi connectivity index (χ1) is 13.8. The van der Waals surface area contributed by atoms with E-state index in [0.717, 1.165) is 12.1 Å². The molecule has 0 bridgehead atoms. The van der Waals surface area contributed by atoms with Gasteiger partial charge in [0.1, 0.15) is 0 Å². The Labute approximate surface area is 165 Å². The Morgan fingerprint density at radius 3 is 2.48 bits per heavy atom. The Hall–Kier alpha value is -2.49. The third-order valence-corrected chi connectivity index (χ3v) is 4.84. The van der Waals surface area contributed by atoms with E-state index in [-0.39, 0.29) is 36.5 Å². The zero-order valence-corrected chi connectivity index (χ0v) is 15.3. The summed E-state index contributed by atoms with van der Waals surface area (Å²) in [5.41, 5.74) is 0.418. The minimum Gasteiger partial charge on any atom is -0.432 e. The fourth-order valence-corrected chi connectivity index (χ4v) is 3.41. The number of benzene rings is 1. The molecule has 1 heterocycles. The number of pyridine rings is 1. The summed E-state index contributed by atoms with van der Waals surface area (Å²) >= 11 is 0. The number of rotatable bonds is 7. The molecule has 0 saturated heterocycles. The van der Waals surface area contributed by atoms with E-state index < -0.39 is 30.5 Å². The van der Waals surface area contributed by atoms with Gasteiger partial charge < -0.3 is 15.4 Å². The lowest BCUT2D eigenvalue weighted by atomic mass is 9.91. The van der Waals surface area contributed by atoms with Crippen molar-refractivity contribution in [2.24, 2.45) is 0 Å². The normalized spacial score (nSPS) is 19.7. The second kappa shape index (κ2) is 9.34. The van der Waals surface area contributed by atoms with Crippen LogP contribution in [-0.2, 0) is 0 Å². The number of alkyl halides is 4. The number of hydrogen-bond donors (Lipinski definition) is 2. The first-order valence-electron chi connectivity index (χ1n) is 9.18. The minimum atomic E-state index is -3.16. The number of aromatic nitrogens is 1. The van der Waals surface area contributed by atoms with Gasteiger partial charge in [-0.25, -0.2) is 13.2 Å². The van der Waals surface area contributed by atoms with Crippen LogP contribution in [0.25, 0.3) is 10.9 Å². The van der Waals surface area contributed by atoms with Gasteiger partial charge >= 0.3 is 6.61 Å². The van der Waals surface area contributed by atoms with Crippen molar-refractivity contribution in [2.45, 2.75) is 50.8 Å². The van der Waals surface area contributed by atoms with Gasteiger partial charge in [-0.2, -0.15) is 8.78 Å². The quantitative estimate of drug-likeness (QED) is 0.663. The number of nitrogens with zero attached hydrogens (tertiary/aromatic N) is 1. The van der Waals surface area contributed by atoms with Crippen LogP contribution >= 0.6 is 0 Å². The van der Waals surface area contributed by atoms with E-state index in [1.54, 1.807) is 0 Å². The summed E-state index contributed by atoms with van der Waals surface area (Å²) < 4.78 is 67.1. The average Bonchev–Trinajstić information content (AvgIpc) is 2.67. The molecule has 3 rings (SSSR count). The number of fused-ring (bicyclic) bond motifs is 1. The van der Waals surface area contributed by atoms with Gasteiger partial charge in [0.2, 0.25) is 0 Å². The zero-order chi connectivity index (χ0) is 21.0. The van der Waals surface area contributed by atoms with Crippen LogP contribution in [0.15, 0.2) is 24.4 Å². The Balaban J connectivity index is 0.00000320. The van der Waals surface area contributed by atoms with Crippen molar-refractivity contribution in [1.29, 1.82) is 0 Å². The van der Waals surface area contributed by atoms with Crippen LogP contribution in [0.1, 0.15) is 37.5 Å². The molecule has 160 valence electrons. The molecule has 0 spiro atoms. The van der Waals surface area contributed by atoms with E-state index in [4.69, 9.17) is 0 Å². The third kappa shape index (κ3) is 5.75. The van der Waals surface area contributed by atoms with Gasteiger partial charge in [0, 0.05) is 31.2 Å². The highest BCUT2D eigenvalue weighted by atomic mass is 19.3. The van der Waals surface area contributed by atoms with Crippen LogP contribution in [0, 0.1) is 5.82 Å². The first-order valence-corrected chi connectivity index (χ1v) is 9.18. The molecule has 1 aliphatic carbocycles. The molecule has 2 aromatic rings. The molecule has 1 fully saturated rings. The predicted octanol–water partition coefficient (Wildman–Crippen LogP) is 4.12. The van der Waals surface area contributed by atoms with Crippen LogP contribution in [0.5, 0.6) is 5.75 Å². The predicted molar refractivity (Wildman–Crippen MR) is 98.0 cm³/mol. The molecule has 1 aromatic heterocycles. The summed E-state index contributed by atoms with van der Waals surface area (Å²) in [6.07, 6.45) is 1.53. The molecule has 0 aliphatic heterocycles. The van der Waals surface area contributed by atoms with E-state index >= 15 is 0 Å². The number of halogens is 5. The van der Waals surface area contributed by atoms with Crippen LogP contribution in [0.4, 0.5) is 22.0 Å². The highest BCUT2D eigenvalue weighted by molar-refractivity contribution is 5.97. The Morgan fingerprint density at radius 1 is 1.14 bits per heavy atom. The second-order valence-corrected chi connectivity index (χ2v) is 6.90. The van der Waals surface area contributed by atoms with Crippen molar-refractivity contribution < 1.29 is 32.9 Å². The smallest absolute Gasteiger partial charge is 0.387 e. The zero-order valence-electron chi connectivity index (χ0n) is 15.3. The van der Waals surface area contributed by atoms with Crippen molar-refractivity contribution in [3.05, 3.63) is 35.8 Å². The average molecular weight is 419 g/mol. The maximum Gasteiger partial charge on any atom is 0.387 e. The molecule has 5 nitrogen and oxygen atoms in total. The van der Waals surface area contributed by atoms with Crippen molar-refractivity contribution in [2.75, 3.05) is 6.54 Å². The van der Waals surface area contributed by atoms with Crippen LogP contribution in [-0.4, -0.2) is 42.6 Å². The van der Waals surface area contributed by atoms with Gasteiger partial charge in [0.15, 0.2) is 11.6 Å². The lowest BCUT2D eigenvalue weighted by Crippen LogP contribution is -2.43. The van der Waals surface area contributed by atoms with Crippen molar-refractivity contribution in [3.8, 4) is 5.75 Å². The van der Waals surface area contributed by atoms with E-state index in [1.807, 2.05) is 0 Å². The number of carbonyl (C=O) groups excluding carboxylic acids is 1. The van der Waals surface area contributed by atoms with E-state index in [0.29, 0.717) is 25.7 Å². The van der Waals surface area contributed by atoms with Gasteiger partial charge in [-0.15, -0.1) is 0 Å². The van der Waals surface area contributed by atoms with E-state index in [9.17, 15) is 26.7 Å². The largest absolute Gasteiger partial charge is 0.432 e. The highest BCUT2D eigenvalue weighted by Gasteiger charge is 2.23. The van der Waals surface area contributed by atoms with Crippen LogP contribution < -0.4 is 15.4 Å². The summed E-state index contributed by atoms with van der Waals surface area (Å²) in [5.74, 6) is -1.99. The molecule has 29 heavy (non-hydrogen) atoms. The van der Waals surface area contributed by atoms with Crippen molar-refractivity contribution in [1.82, 2.24) is 15.6 Å². The first kappa shape index (κ1) is 21.2. The van der Waals surface area contributed by atoms with Gasteiger partial charge in [-0.3, -0.25) is 9.78 Å². The molecule has 1 aromatic carbocycles. The van der Waals surface area contributed by atoms with Crippen molar-refractivity contribution >= 4 is 16.8 Å². The number of nitrogens with one attached hydrogen (secondary N) is 2. The van der Waals surface area contributed by atoms with Crippen LogP contribution in [0.3, 0.4) is 0 Å². The lowest BCUT2D eigenvalue weighted by molar-refractivity contribution is -0.0520. The molecule has 0 radical (unpaired) electrons. The van der Waals surface area contributed by atoms with Crippen molar-refractivity contribution in [3.63, 3.8) is 0 Å². The summed E-state index contributed by atoms with van der Waals surface area (Å²) in [6, 6.07) is 3.36. The van der Waals surface area contributed by atoms with E-state index in [2.05, 4.69) is 20.4 Å². The Kier molecular flexibility index (Phi) is 6.83. The molecule has 0 atom stereocenters. The fourth-order valence-electron chi connectivity index (χ4n) is 3.41. The third-order valence-electron chi connectivity index (χ3n) is 4.84. The van der Waals surface area contributed by atoms with E-state index in [1.165, 1.54) is 12.3 Å². The molecular formula is C19H22F5N3O2. The summed E-state index contributed by atoms with van der Waals surface area (Å²) in [6.45, 7) is -3.50. The molecule has 10 heteroatoms. The highest BCUT2D eigenvalue weighted by Crippen LogP contribution is 2.26. The molecule has 0 unspecified atom stereocenters. The minimum absolute atomic E-state index is 0. The van der Waals surface area contributed by atoms with Gasteiger partial charge in [-0.05, 0) is 37.8 Å². The van der Waals surface area contributed by atoms with Crippen LogP contribution in [0.2, 0.25) is 0 Å². The molecular weight excluding hydrogens is 397 g/mol. The number of ether oxygens (including phenoxy) is 1. The molecule has 1 aliphatic rings. The second-order valence-electron chi connectivity index (χ2n) is 6.90. The Bertz CT molecular complexity index is 863. The van der Waals surface area contributed by atoms with Gasteiger partial charge in [0.05, 0.1) is 17.6 Å². The number of hydrogen-bond acceptors (Lipinski definition) is 4. The SMILES string of the molecule is O=C(NC1CCC(NCC(F)F)CC1)c1cnc2cc(OC(F)F)c(F)cc2c1.[HH]. The molecule has 1 saturated carbocycles. The number of amides is 1. The summed E-state index contributed by atoms with van der Waals surface area (Å²) in [5, 5.41) is 5.94. The maximum atomic E-state index is 13.9. The Morgan fingerprint density at radius 2 is 1.83 bits per heavy atom. The summed E-state index contributed by atoms with van der Waals surface area (Å²) in [7, 11) is 0. The van der Waals surface area contributed by atoms with Gasteiger partial charge in [0.25, 0.3) is 12.3 Å². The maximum absolute atomic E-state index is 13.9. The number of carbonyl (C=O) groups is 1. The van der Waals surface area contributed by atoms with Gasteiger partial charge in [-0.1, -0.05) is 0 Å². The standard InChI is InChI=1S/C19H20F5N3O2.H2/c20-14-6-10-5-11(8-26-15(10)7-16(14)29-19(23)24)18(28)27-13-3-1-12(2-4-13)25-9-17(21)22;/h5-8,12-13,17,19,25H,1-4,9H2,(H,27,28);1H. The lowest BCUT2D eigenvalue weighted by Gasteiger charge is -2.29. The molecule has 2 N–H and O–H groups in total. The molecule has 1 amide bonds. The fraction of sp³-hybridized carbons (Fsp3) is 0.474. The summed E-state index contributed by atoms with van der Waals surface area (Å²) in [4.78, 5) is 16.5. The topological polar surface area (TPSA) is 63.2 Å². The monoisotopic (exact) mass is 419 g/mol.